The van der Waals surface area contributed by atoms with E-state index in [2.05, 4.69) is 11.9 Å². The van der Waals surface area contributed by atoms with Crippen molar-refractivity contribution in [3.05, 3.63) is 48.9 Å². The Morgan fingerprint density at radius 3 is 2.67 bits per heavy atom. The summed E-state index contributed by atoms with van der Waals surface area (Å²) in [5.74, 6) is -0.787. The number of anilines is 1. The Balaban J connectivity index is 2.54. The minimum absolute atomic E-state index is 0.229. The van der Waals surface area contributed by atoms with Crippen molar-refractivity contribution in [2.75, 3.05) is 5.32 Å². The van der Waals surface area contributed by atoms with Crippen LogP contribution in [0.5, 0.6) is 0 Å². The fraction of sp³-hybridized carbons (Fsp3) is 0.214. The van der Waals surface area contributed by atoms with E-state index in [9.17, 15) is 9.59 Å². The number of hydrogen-bond donors (Lipinski definition) is 2. The molecule has 4 heteroatoms. The molecule has 0 aliphatic heterocycles. The number of primary amides is 1. The number of nitrogens with one attached hydrogen (secondary N) is 1. The van der Waals surface area contributed by atoms with Crippen molar-refractivity contribution in [1.29, 1.82) is 0 Å². The third-order valence-corrected chi connectivity index (χ3v) is 2.39. The summed E-state index contributed by atoms with van der Waals surface area (Å²) < 4.78 is 0. The molecule has 3 N–H and O–H groups in total. The molecule has 0 aromatic heterocycles. The van der Waals surface area contributed by atoms with Gasteiger partial charge in [0, 0.05) is 6.42 Å². The Morgan fingerprint density at radius 2 is 2.00 bits per heavy atom. The van der Waals surface area contributed by atoms with Crippen molar-refractivity contribution in [3.8, 4) is 0 Å². The summed E-state index contributed by atoms with van der Waals surface area (Å²) in [4.78, 5) is 22.8. The van der Waals surface area contributed by atoms with Crippen molar-refractivity contribution in [3.63, 3.8) is 0 Å². The molecule has 0 saturated heterocycles. The fourth-order valence-corrected chi connectivity index (χ4v) is 1.49. The average molecular weight is 245 g/mol. The van der Waals surface area contributed by atoms with Crippen molar-refractivity contribution >= 4 is 17.5 Å². The number of carbonyl (C=O) groups is 2. The minimum Gasteiger partial charge on any atom is -0.366 e. The summed E-state index contributed by atoms with van der Waals surface area (Å²) in [5, 5.41) is 2.65. The zero-order valence-corrected chi connectivity index (χ0v) is 10.2. The Bertz CT molecular complexity index is 441. The molecule has 0 bridgehead atoms. The Labute approximate surface area is 107 Å². The first-order valence-corrected chi connectivity index (χ1v) is 5.79. The normalized spacial score (nSPS) is 9.78. The molecule has 0 atom stereocenters. The van der Waals surface area contributed by atoms with Crippen molar-refractivity contribution in [1.82, 2.24) is 0 Å². The van der Waals surface area contributed by atoms with Gasteiger partial charge in [0.05, 0.1) is 11.3 Å². The zero-order valence-electron chi connectivity index (χ0n) is 10.2. The number of para-hydroxylation sites is 1. The lowest BCUT2D eigenvalue weighted by Crippen LogP contribution is -2.18. The Kier molecular flexibility index (Phi) is 5.64. The van der Waals surface area contributed by atoms with Gasteiger partial charge in [-0.2, -0.15) is 0 Å². The smallest absolute Gasteiger partial charge is 0.250 e. The summed E-state index contributed by atoms with van der Waals surface area (Å²) in [6.07, 6.45) is 5.81. The monoisotopic (exact) mass is 245 g/mol. The SMILES string of the molecule is C=CCCC[CH]C(=O)Nc1ccccc1C(N)=O. The van der Waals surface area contributed by atoms with Crippen molar-refractivity contribution in [2.24, 2.45) is 5.73 Å². The molecule has 0 fully saturated rings. The molecular weight excluding hydrogens is 228 g/mol. The first-order chi connectivity index (χ1) is 8.65. The van der Waals surface area contributed by atoms with Crippen LogP contribution in [0.2, 0.25) is 0 Å². The van der Waals surface area contributed by atoms with Gasteiger partial charge in [-0.15, -0.1) is 6.58 Å². The highest BCUT2D eigenvalue weighted by Crippen LogP contribution is 2.14. The Morgan fingerprint density at radius 1 is 1.28 bits per heavy atom. The van der Waals surface area contributed by atoms with Gasteiger partial charge >= 0.3 is 0 Å². The summed E-state index contributed by atoms with van der Waals surface area (Å²) in [7, 11) is 0. The zero-order chi connectivity index (χ0) is 13.4. The van der Waals surface area contributed by atoms with Crippen LogP contribution < -0.4 is 11.1 Å². The quantitative estimate of drug-likeness (QED) is 0.571. The number of rotatable bonds is 7. The van der Waals surface area contributed by atoms with Gasteiger partial charge in [0.25, 0.3) is 5.91 Å². The molecule has 2 amide bonds. The standard InChI is InChI=1S/C14H17N2O2/c1-2-3-4-5-10-13(17)16-12-9-7-6-8-11(12)14(15)18/h2,6-10H,1,3-5H2,(H2,15,18)(H,16,17). The molecule has 18 heavy (non-hydrogen) atoms. The maximum absolute atomic E-state index is 11.6. The highest BCUT2D eigenvalue weighted by molar-refractivity contribution is 6.04. The van der Waals surface area contributed by atoms with Gasteiger partial charge in [-0.05, 0) is 31.4 Å². The molecule has 1 rings (SSSR count). The first-order valence-electron chi connectivity index (χ1n) is 5.79. The second kappa shape index (κ2) is 7.27. The van der Waals surface area contributed by atoms with Gasteiger partial charge in [0.2, 0.25) is 5.91 Å². The number of hydrogen-bond acceptors (Lipinski definition) is 2. The number of benzene rings is 1. The van der Waals surface area contributed by atoms with Crippen LogP contribution in [-0.4, -0.2) is 11.8 Å². The summed E-state index contributed by atoms with van der Waals surface area (Å²) in [5.41, 5.74) is 5.97. The molecule has 0 spiro atoms. The van der Waals surface area contributed by atoms with E-state index in [4.69, 9.17) is 5.73 Å². The number of allylic oxidation sites excluding steroid dienone is 1. The van der Waals surface area contributed by atoms with E-state index >= 15 is 0 Å². The van der Waals surface area contributed by atoms with Crippen LogP contribution in [0.3, 0.4) is 0 Å². The van der Waals surface area contributed by atoms with Gasteiger partial charge in [-0.3, -0.25) is 9.59 Å². The molecule has 4 nitrogen and oxygen atoms in total. The third kappa shape index (κ3) is 4.41. The van der Waals surface area contributed by atoms with Crippen LogP contribution in [0.1, 0.15) is 29.6 Å². The van der Waals surface area contributed by atoms with Gasteiger partial charge in [0.1, 0.15) is 0 Å². The molecule has 1 aromatic rings. The summed E-state index contributed by atoms with van der Waals surface area (Å²) >= 11 is 0. The van der Waals surface area contributed by atoms with E-state index in [1.807, 2.05) is 6.08 Å². The number of nitrogens with two attached hydrogens (primary N) is 1. The van der Waals surface area contributed by atoms with Gasteiger partial charge in [-0.1, -0.05) is 18.2 Å². The predicted molar refractivity (Wildman–Crippen MR) is 71.9 cm³/mol. The lowest BCUT2D eigenvalue weighted by molar-refractivity contribution is -0.113. The number of unbranched alkanes of at least 4 members (excludes halogenated alkanes) is 2. The molecule has 1 aromatic carbocycles. The first kappa shape index (κ1) is 14.0. The Hall–Kier alpha value is -2.10. The van der Waals surface area contributed by atoms with Gasteiger partial charge in [-0.25, -0.2) is 0 Å². The van der Waals surface area contributed by atoms with Crippen LogP contribution in [-0.2, 0) is 4.79 Å². The van der Waals surface area contributed by atoms with Gasteiger partial charge < -0.3 is 11.1 Å². The lowest BCUT2D eigenvalue weighted by atomic mass is 10.1. The lowest BCUT2D eigenvalue weighted by Gasteiger charge is -2.08. The van der Waals surface area contributed by atoms with Crippen molar-refractivity contribution in [2.45, 2.75) is 19.3 Å². The van der Waals surface area contributed by atoms with Crippen LogP contribution in [0, 0.1) is 6.42 Å². The molecule has 0 heterocycles. The second-order valence-electron chi connectivity index (χ2n) is 3.82. The average Bonchev–Trinajstić information content (AvgIpc) is 2.35. The second-order valence-corrected chi connectivity index (χ2v) is 3.82. The van der Waals surface area contributed by atoms with Crippen LogP contribution >= 0.6 is 0 Å². The van der Waals surface area contributed by atoms with E-state index in [1.54, 1.807) is 30.7 Å². The van der Waals surface area contributed by atoms with Crippen LogP contribution in [0.25, 0.3) is 0 Å². The molecule has 0 saturated carbocycles. The van der Waals surface area contributed by atoms with E-state index in [-0.39, 0.29) is 5.91 Å². The third-order valence-electron chi connectivity index (χ3n) is 2.39. The highest BCUT2D eigenvalue weighted by Gasteiger charge is 2.09. The molecule has 0 aliphatic rings. The van der Waals surface area contributed by atoms with E-state index in [0.29, 0.717) is 17.7 Å². The largest absolute Gasteiger partial charge is 0.366 e. The highest BCUT2D eigenvalue weighted by atomic mass is 16.2. The van der Waals surface area contributed by atoms with E-state index in [1.165, 1.54) is 0 Å². The summed E-state index contributed by atoms with van der Waals surface area (Å²) in [6, 6.07) is 6.66. The summed E-state index contributed by atoms with van der Waals surface area (Å²) in [6.45, 7) is 3.61. The molecule has 1 radical (unpaired) electrons. The maximum atomic E-state index is 11.6. The fourth-order valence-electron chi connectivity index (χ4n) is 1.49. The minimum atomic E-state index is -0.558. The van der Waals surface area contributed by atoms with E-state index in [0.717, 1.165) is 12.8 Å². The van der Waals surface area contributed by atoms with Crippen LogP contribution in [0.15, 0.2) is 36.9 Å². The molecule has 0 aliphatic carbocycles. The molecular formula is C14H17N2O2. The van der Waals surface area contributed by atoms with Crippen molar-refractivity contribution < 1.29 is 9.59 Å². The number of carbonyl (C=O) groups excluding carboxylic acids is 2. The van der Waals surface area contributed by atoms with E-state index < -0.39 is 5.91 Å². The van der Waals surface area contributed by atoms with Gasteiger partial charge in [0.15, 0.2) is 0 Å². The predicted octanol–water partition coefficient (Wildman–Crippen LogP) is 2.28. The number of amides is 2. The molecule has 0 unspecified atom stereocenters. The van der Waals surface area contributed by atoms with Crippen LogP contribution in [0.4, 0.5) is 5.69 Å². The molecule has 95 valence electrons. The maximum Gasteiger partial charge on any atom is 0.250 e. The topological polar surface area (TPSA) is 72.2 Å².